The number of carbonyl (C=O) groups excluding carboxylic acids is 1. The largest absolute Gasteiger partial charge is 0.475 e. The van der Waals surface area contributed by atoms with Crippen LogP contribution in [0.3, 0.4) is 0 Å². The first-order chi connectivity index (χ1) is 15.2. The van der Waals surface area contributed by atoms with Gasteiger partial charge in [-0.2, -0.15) is 13.2 Å². The van der Waals surface area contributed by atoms with E-state index >= 15 is 0 Å². The summed E-state index contributed by atoms with van der Waals surface area (Å²) in [7, 11) is -8.75. The number of alkyl halides is 3. The van der Waals surface area contributed by atoms with Gasteiger partial charge in [-0.1, -0.05) is 19.4 Å². The number of esters is 1. The van der Waals surface area contributed by atoms with Gasteiger partial charge in [0, 0.05) is 18.7 Å². The molecule has 1 aromatic rings. The summed E-state index contributed by atoms with van der Waals surface area (Å²) in [6.07, 6.45) is -7.73. The Morgan fingerprint density at radius 3 is 2.29 bits per heavy atom. The summed E-state index contributed by atoms with van der Waals surface area (Å²) in [5, 5.41) is 9.03. The summed E-state index contributed by atoms with van der Waals surface area (Å²) in [4.78, 5) is 25.4. The Morgan fingerprint density at radius 2 is 1.76 bits per heavy atom. The van der Waals surface area contributed by atoms with Gasteiger partial charge in [0.25, 0.3) is 5.09 Å². The van der Waals surface area contributed by atoms with Crippen LogP contribution in [0.5, 0.6) is 5.75 Å². The fraction of sp³-hybridized carbons (Fsp3) is 0.471. The molecule has 1 atom stereocenters. The van der Waals surface area contributed by atoms with Crippen LogP contribution in [0.25, 0.3) is 6.08 Å². The molecule has 1 aliphatic rings. The number of hydrogen-bond donors (Lipinski definition) is 0. The molecule has 0 saturated heterocycles. The molecule has 8 nitrogen and oxygen atoms in total. The molecular formula is C17H18F8N2O6S. The van der Waals surface area contributed by atoms with Gasteiger partial charge in [0.2, 0.25) is 6.10 Å². The van der Waals surface area contributed by atoms with Gasteiger partial charge >= 0.3 is 22.4 Å². The third kappa shape index (κ3) is 7.09. The maximum Gasteiger partial charge on any atom is 0.430 e. The Labute approximate surface area is 186 Å². The van der Waals surface area contributed by atoms with Crippen molar-refractivity contribution in [3.05, 3.63) is 38.9 Å². The Bertz CT molecular complexity index is 1010. The number of ether oxygens (including phenoxy) is 2. The molecule has 0 radical (unpaired) electrons. The van der Waals surface area contributed by atoms with Crippen LogP contribution in [0.4, 0.5) is 32.6 Å². The zero-order chi connectivity index (χ0) is 26.2. The van der Waals surface area contributed by atoms with Gasteiger partial charge in [-0.15, -0.1) is 10.1 Å². The maximum absolute atomic E-state index is 13.5. The van der Waals surface area contributed by atoms with E-state index in [1.165, 1.54) is 11.9 Å². The van der Waals surface area contributed by atoms with Crippen LogP contribution in [0.1, 0.15) is 11.1 Å². The predicted octanol–water partition coefficient (Wildman–Crippen LogP) is 5.04. The quantitative estimate of drug-likeness (QED) is 0.191. The lowest BCUT2D eigenvalue weighted by molar-refractivity contribution is -0.757. The molecule has 0 aromatic heterocycles. The standard InChI is InChI=1S/C17H18F8N2O6S/c1-10-7-12(34(21,22,23,24)25)8-11-9-13(15(17(18,19)20)33-14(10)11)16(28)31-5-3-26(2)4-6-32-27(29)30/h7-9,15H,3-6H2,1-2H3. The van der Waals surface area contributed by atoms with Crippen LogP contribution >= 0.6 is 10.2 Å². The SMILES string of the molecule is Cc1cc(S(F)(F)(F)(F)F)cc2c1OC(C(F)(F)F)C(C(=O)OCCN(C)CCO[N+](=O)[O-])=C2. The van der Waals surface area contributed by atoms with E-state index in [0.29, 0.717) is 6.08 Å². The first-order valence-corrected chi connectivity index (χ1v) is 11.1. The molecule has 1 aromatic carbocycles. The van der Waals surface area contributed by atoms with Gasteiger partial charge in [0.1, 0.15) is 23.9 Å². The summed E-state index contributed by atoms with van der Waals surface area (Å²) in [5.41, 5.74) is -2.68. The minimum atomic E-state index is -10.2. The van der Waals surface area contributed by atoms with Crippen molar-refractivity contribution < 1.29 is 56.8 Å². The van der Waals surface area contributed by atoms with E-state index in [-0.39, 0.29) is 31.8 Å². The predicted molar refractivity (Wildman–Crippen MR) is 102 cm³/mol. The Kier molecular flexibility index (Phi) is 6.81. The van der Waals surface area contributed by atoms with Crippen LogP contribution in [-0.4, -0.2) is 61.6 Å². The summed E-state index contributed by atoms with van der Waals surface area (Å²) in [6, 6.07) is -0.115. The number of hydrogen-bond acceptors (Lipinski definition) is 7. The van der Waals surface area contributed by atoms with Crippen molar-refractivity contribution in [2.24, 2.45) is 0 Å². The number of nitrogens with zero attached hydrogens (tertiary/aromatic N) is 2. The first kappa shape index (κ1) is 27.4. The fourth-order valence-electron chi connectivity index (χ4n) is 2.85. The zero-order valence-electron chi connectivity index (χ0n) is 17.4. The third-order valence-electron chi connectivity index (χ3n) is 4.46. The second-order valence-corrected chi connectivity index (χ2v) is 9.67. The van der Waals surface area contributed by atoms with E-state index in [0.717, 1.165) is 6.92 Å². The molecule has 0 bridgehead atoms. The molecular weight excluding hydrogens is 512 g/mol. The molecule has 0 spiro atoms. The highest BCUT2D eigenvalue weighted by Gasteiger charge is 2.65. The van der Waals surface area contributed by atoms with Crippen LogP contribution in [-0.2, 0) is 14.4 Å². The van der Waals surface area contributed by atoms with Gasteiger partial charge in [-0.25, -0.2) is 4.79 Å². The van der Waals surface area contributed by atoms with E-state index < -0.39 is 67.5 Å². The highest BCUT2D eigenvalue weighted by atomic mass is 32.5. The van der Waals surface area contributed by atoms with Crippen molar-refractivity contribution in [1.29, 1.82) is 0 Å². The molecule has 2 rings (SSSR count). The number of likely N-dealkylation sites (N-methyl/N-ethyl adjacent to an activating group) is 1. The number of aryl methyl sites for hydroxylation is 1. The molecule has 34 heavy (non-hydrogen) atoms. The average molecular weight is 530 g/mol. The summed E-state index contributed by atoms with van der Waals surface area (Å²) in [5.74, 6) is -2.34. The van der Waals surface area contributed by atoms with Gasteiger partial charge in [-0.3, -0.25) is 0 Å². The first-order valence-electron chi connectivity index (χ1n) is 9.15. The van der Waals surface area contributed by atoms with E-state index in [4.69, 9.17) is 9.47 Å². The van der Waals surface area contributed by atoms with Crippen LogP contribution < -0.4 is 4.74 Å². The maximum atomic E-state index is 13.5. The lowest BCUT2D eigenvalue weighted by atomic mass is 9.99. The van der Waals surface area contributed by atoms with E-state index in [2.05, 4.69) is 4.84 Å². The lowest BCUT2D eigenvalue weighted by Gasteiger charge is -2.41. The number of rotatable bonds is 9. The topological polar surface area (TPSA) is 91.1 Å². The molecule has 0 aliphatic carbocycles. The van der Waals surface area contributed by atoms with Crippen molar-refractivity contribution >= 4 is 22.3 Å². The molecule has 1 unspecified atom stereocenters. The van der Waals surface area contributed by atoms with Crippen molar-refractivity contribution in [3.8, 4) is 5.75 Å². The zero-order valence-corrected chi connectivity index (χ0v) is 18.2. The number of fused-ring (bicyclic) bond motifs is 1. The second kappa shape index (κ2) is 8.44. The molecule has 1 heterocycles. The van der Waals surface area contributed by atoms with Crippen molar-refractivity contribution in [3.63, 3.8) is 0 Å². The molecule has 194 valence electrons. The molecule has 0 amide bonds. The molecule has 0 saturated carbocycles. The molecule has 1 aliphatic heterocycles. The monoisotopic (exact) mass is 530 g/mol. The van der Waals surface area contributed by atoms with Gasteiger partial charge in [0.05, 0.1) is 5.57 Å². The smallest absolute Gasteiger partial charge is 0.430 e. The molecule has 0 fully saturated rings. The Balaban J connectivity index is 2.29. The third-order valence-corrected chi connectivity index (χ3v) is 5.59. The minimum Gasteiger partial charge on any atom is -0.475 e. The molecule has 17 heteroatoms. The number of benzene rings is 1. The summed E-state index contributed by atoms with van der Waals surface area (Å²) in [6.45, 7) is -0.0831. The van der Waals surface area contributed by atoms with E-state index in [1.807, 2.05) is 0 Å². The number of halogens is 8. The molecule has 0 N–H and O–H groups in total. The van der Waals surface area contributed by atoms with Crippen LogP contribution in [0, 0.1) is 17.0 Å². The number of carbonyl (C=O) groups is 1. The normalized spacial score (nSPS) is 18.2. The fourth-order valence-corrected chi connectivity index (χ4v) is 3.60. The van der Waals surface area contributed by atoms with Crippen molar-refractivity contribution in [2.75, 3.05) is 33.4 Å². The highest BCUT2D eigenvalue weighted by molar-refractivity contribution is 8.45. The van der Waals surface area contributed by atoms with Gasteiger partial charge in [0.15, 0.2) is 0 Å². The van der Waals surface area contributed by atoms with Crippen molar-refractivity contribution in [1.82, 2.24) is 4.90 Å². The second-order valence-electron chi connectivity index (χ2n) is 7.26. The van der Waals surface area contributed by atoms with E-state index in [9.17, 15) is 47.5 Å². The van der Waals surface area contributed by atoms with Crippen LogP contribution in [0.2, 0.25) is 0 Å². The van der Waals surface area contributed by atoms with E-state index in [1.54, 1.807) is 0 Å². The summed E-state index contributed by atoms with van der Waals surface area (Å²) < 4.78 is 116. The Morgan fingerprint density at radius 1 is 1.18 bits per heavy atom. The highest BCUT2D eigenvalue weighted by Crippen LogP contribution is 3.02. The minimum absolute atomic E-state index is 0.000675. The van der Waals surface area contributed by atoms with Gasteiger partial charge in [-0.05, 0) is 37.7 Å². The van der Waals surface area contributed by atoms with Crippen LogP contribution in [0.15, 0.2) is 22.6 Å². The van der Waals surface area contributed by atoms with Crippen molar-refractivity contribution in [2.45, 2.75) is 24.1 Å². The average Bonchev–Trinajstić information content (AvgIpc) is 2.64. The summed E-state index contributed by atoms with van der Waals surface area (Å²) >= 11 is 0. The Hall–Kier alpha value is -2.82. The van der Waals surface area contributed by atoms with Gasteiger partial charge < -0.3 is 19.2 Å². The lowest BCUT2D eigenvalue weighted by Crippen LogP contribution is -2.41.